The molecular formula is C20H14ClN3O3. The molecule has 0 fully saturated rings. The lowest BCUT2D eigenvalue weighted by molar-refractivity contribution is -0.118. The number of amides is 1. The molecule has 4 aromatic rings. The second-order valence-corrected chi connectivity index (χ2v) is 6.10. The van der Waals surface area contributed by atoms with Gasteiger partial charge in [0.15, 0.2) is 17.8 Å². The number of pyridine rings is 1. The molecule has 1 amide bonds. The van der Waals surface area contributed by atoms with Gasteiger partial charge in [-0.15, -0.1) is 0 Å². The number of anilines is 1. The fraction of sp³-hybridized carbons (Fsp3) is 0.0500. The first kappa shape index (κ1) is 17.1. The van der Waals surface area contributed by atoms with Crippen LogP contribution in [-0.2, 0) is 4.79 Å². The first-order valence-electron chi connectivity index (χ1n) is 8.18. The zero-order valence-corrected chi connectivity index (χ0v) is 14.8. The zero-order valence-electron chi connectivity index (χ0n) is 14.1. The molecule has 6 nitrogen and oxygen atoms in total. The Morgan fingerprint density at radius 2 is 2.00 bits per heavy atom. The van der Waals surface area contributed by atoms with Crippen LogP contribution in [0.2, 0.25) is 5.02 Å². The maximum atomic E-state index is 12.2. The van der Waals surface area contributed by atoms with Crippen LogP contribution in [-0.4, -0.2) is 22.5 Å². The summed E-state index contributed by atoms with van der Waals surface area (Å²) in [6.07, 6.45) is 1.66. The van der Waals surface area contributed by atoms with Gasteiger partial charge in [0.1, 0.15) is 5.75 Å². The molecule has 0 aliphatic carbocycles. The summed E-state index contributed by atoms with van der Waals surface area (Å²) in [5, 5.41) is 3.24. The molecule has 0 bridgehead atoms. The minimum absolute atomic E-state index is 0.152. The van der Waals surface area contributed by atoms with Gasteiger partial charge >= 0.3 is 0 Å². The molecule has 0 aliphatic rings. The number of halogens is 1. The first-order chi connectivity index (χ1) is 13.2. The Kier molecular flexibility index (Phi) is 4.72. The minimum atomic E-state index is -0.300. The van der Waals surface area contributed by atoms with E-state index in [0.717, 1.165) is 5.56 Å². The van der Waals surface area contributed by atoms with Gasteiger partial charge in [-0.25, -0.2) is 4.98 Å². The Bertz CT molecular complexity index is 1080. The van der Waals surface area contributed by atoms with Crippen molar-refractivity contribution in [3.8, 4) is 17.2 Å². The van der Waals surface area contributed by atoms with Crippen molar-refractivity contribution in [1.29, 1.82) is 0 Å². The number of nitrogens with zero attached hydrogens (tertiary/aromatic N) is 2. The van der Waals surface area contributed by atoms with E-state index < -0.39 is 0 Å². The zero-order chi connectivity index (χ0) is 18.6. The molecule has 0 aliphatic heterocycles. The van der Waals surface area contributed by atoms with Gasteiger partial charge in [-0.1, -0.05) is 29.8 Å². The largest absolute Gasteiger partial charge is 0.482 e. The van der Waals surface area contributed by atoms with E-state index in [4.69, 9.17) is 20.8 Å². The lowest BCUT2D eigenvalue weighted by atomic mass is 10.2. The SMILES string of the molecule is O=C(COc1ccccc1Cl)Nc1cccc(-c2nc3ncccc3o2)c1. The van der Waals surface area contributed by atoms with E-state index in [1.54, 1.807) is 54.7 Å². The van der Waals surface area contributed by atoms with E-state index >= 15 is 0 Å². The fourth-order valence-electron chi connectivity index (χ4n) is 2.52. The Morgan fingerprint density at radius 3 is 2.85 bits per heavy atom. The summed E-state index contributed by atoms with van der Waals surface area (Å²) in [6.45, 7) is -0.152. The molecule has 0 saturated heterocycles. The number of hydrogen-bond donors (Lipinski definition) is 1. The molecule has 0 spiro atoms. The molecule has 0 unspecified atom stereocenters. The van der Waals surface area contributed by atoms with Crippen LogP contribution in [0.1, 0.15) is 0 Å². The van der Waals surface area contributed by atoms with Crippen LogP contribution < -0.4 is 10.1 Å². The van der Waals surface area contributed by atoms with Gasteiger partial charge in [0.05, 0.1) is 5.02 Å². The Morgan fingerprint density at radius 1 is 1.11 bits per heavy atom. The number of para-hydroxylation sites is 1. The highest BCUT2D eigenvalue weighted by Gasteiger charge is 2.11. The molecule has 2 aromatic carbocycles. The number of nitrogens with one attached hydrogen (secondary N) is 1. The number of carbonyl (C=O) groups is 1. The second-order valence-electron chi connectivity index (χ2n) is 5.69. The molecule has 4 rings (SSSR count). The van der Waals surface area contributed by atoms with Gasteiger partial charge in [-0.05, 0) is 42.5 Å². The van der Waals surface area contributed by atoms with Crippen molar-refractivity contribution >= 4 is 34.4 Å². The van der Waals surface area contributed by atoms with Crippen molar-refractivity contribution in [2.45, 2.75) is 0 Å². The highest BCUT2D eigenvalue weighted by molar-refractivity contribution is 6.32. The van der Waals surface area contributed by atoms with Gasteiger partial charge in [0.2, 0.25) is 5.89 Å². The van der Waals surface area contributed by atoms with Gasteiger partial charge in [-0.2, -0.15) is 4.98 Å². The maximum Gasteiger partial charge on any atom is 0.262 e. The summed E-state index contributed by atoms with van der Waals surface area (Å²) >= 11 is 6.01. The van der Waals surface area contributed by atoms with E-state index in [-0.39, 0.29) is 12.5 Å². The molecule has 7 heteroatoms. The van der Waals surface area contributed by atoms with E-state index in [0.29, 0.717) is 33.6 Å². The van der Waals surface area contributed by atoms with E-state index in [1.165, 1.54) is 0 Å². The number of benzene rings is 2. The Labute approximate surface area is 159 Å². The van der Waals surface area contributed by atoms with Gasteiger partial charge in [0.25, 0.3) is 5.91 Å². The van der Waals surface area contributed by atoms with Gasteiger partial charge < -0.3 is 14.5 Å². The third-order valence-corrected chi connectivity index (χ3v) is 4.07. The summed E-state index contributed by atoms with van der Waals surface area (Å²) in [4.78, 5) is 20.7. The van der Waals surface area contributed by atoms with Crippen molar-refractivity contribution in [2.75, 3.05) is 11.9 Å². The molecule has 0 radical (unpaired) electrons. The van der Waals surface area contributed by atoms with Crippen LogP contribution in [0.5, 0.6) is 5.75 Å². The maximum absolute atomic E-state index is 12.2. The monoisotopic (exact) mass is 379 g/mol. The topological polar surface area (TPSA) is 77.2 Å². The van der Waals surface area contributed by atoms with Crippen molar-refractivity contribution < 1.29 is 13.9 Å². The van der Waals surface area contributed by atoms with E-state index in [2.05, 4.69) is 15.3 Å². The van der Waals surface area contributed by atoms with E-state index in [1.807, 2.05) is 12.1 Å². The summed E-state index contributed by atoms with van der Waals surface area (Å²) in [5.74, 6) is 0.598. The number of fused-ring (bicyclic) bond motifs is 1. The number of carbonyl (C=O) groups excluding carboxylic acids is 1. The molecular weight excluding hydrogens is 366 g/mol. The number of aromatic nitrogens is 2. The fourth-order valence-corrected chi connectivity index (χ4v) is 2.71. The van der Waals surface area contributed by atoms with Crippen LogP contribution in [0, 0.1) is 0 Å². The summed E-state index contributed by atoms with van der Waals surface area (Å²) in [6, 6.07) is 17.8. The molecule has 27 heavy (non-hydrogen) atoms. The highest BCUT2D eigenvalue weighted by atomic mass is 35.5. The van der Waals surface area contributed by atoms with Gasteiger partial charge in [0, 0.05) is 17.4 Å². The number of hydrogen-bond acceptors (Lipinski definition) is 5. The lowest BCUT2D eigenvalue weighted by Crippen LogP contribution is -2.20. The van der Waals surface area contributed by atoms with Crippen LogP contribution in [0.4, 0.5) is 5.69 Å². The van der Waals surface area contributed by atoms with Crippen molar-refractivity contribution in [3.63, 3.8) is 0 Å². The predicted octanol–water partition coefficient (Wildman–Crippen LogP) is 4.56. The van der Waals surface area contributed by atoms with Crippen molar-refractivity contribution in [3.05, 3.63) is 71.9 Å². The highest BCUT2D eigenvalue weighted by Crippen LogP contribution is 2.25. The van der Waals surface area contributed by atoms with Crippen LogP contribution >= 0.6 is 11.6 Å². The smallest absolute Gasteiger partial charge is 0.262 e. The standard InChI is InChI=1S/C20H14ClN3O3/c21-15-7-1-2-8-16(15)26-12-18(25)23-14-6-3-5-13(11-14)20-24-19-17(27-20)9-4-10-22-19/h1-11H,12H2,(H,23,25). The van der Waals surface area contributed by atoms with Crippen LogP contribution in [0.25, 0.3) is 22.7 Å². The second kappa shape index (κ2) is 7.47. The summed E-state index contributed by atoms with van der Waals surface area (Å²) in [7, 11) is 0. The number of oxazole rings is 1. The summed E-state index contributed by atoms with van der Waals surface area (Å²) < 4.78 is 11.1. The predicted molar refractivity (Wildman–Crippen MR) is 103 cm³/mol. The van der Waals surface area contributed by atoms with E-state index in [9.17, 15) is 4.79 Å². The molecule has 1 N–H and O–H groups in total. The average molecular weight is 380 g/mol. The van der Waals surface area contributed by atoms with Crippen molar-refractivity contribution in [1.82, 2.24) is 9.97 Å². The van der Waals surface area contributed by atoms with Crippen LogP contribution in [0.3, 0.4) is 0 Å². The average Bonchev–Trinajstić information content (AvgIpc) is 3.12. The van der Waals surface area contributed by atoms with Gasteiger partial charge in [-0.3, -0.25) is 4.79 Å². The molecule has 0 atom stereocenters. The minimum Gasteiger partial charge on any atom is -0.482 e. The third-order valence-electron chi connectivity index (χ3n) is 3.75. The number of ether oxygens (including phenoxy) is 1. The molecule has 2 heterocycles. The third kappa shape index (κ3) is 3.91. The van der Waals surface area contributed by atoms with Crippen molar-refractivity contribution in [2.24, 2.45) is 0 Å². The molecule has 134 valence electrons. The summed E-state index contributed by atoms with van der Waals surface area (Å²) in [5.41, 5.74) is 2.48. The quantitative estimate of drug-likeness (QED) is 0.550. The number of rotatable bonds is 5. The molecule has 2 aromatic heterocycles. The Balaban J connectivity index is 1.46. The van der Waals surface area contributed by atoms with Crippen LogP contribution in [0.15, 0.2) is 71.3 Å². The molecule has 0 saturated carbocycles. The normalized spacial score (nSPS) is 10.7. The Hall–Kier alpha value is -3.38. The first-order valence-corrected chi connectivity index (χ1v) is 8.56. The lowest BCUT2D eigenvalue weighted by Gasteiger charge is -2.09.